The van der Waals surface area contributed by atoms with Crippen molar-refractivity contribution in [3.05, 3.63) is 29.1 Å². The first-order chi connectivity index (χ1) is 16.1. The number of aromatic nitrogens is 1. The van der Waals surface area contributed by atoms with Gasteiger partial charge in [-0.05, 0) is 31.5 Å². The zero-order valence-electron chi connectivity index (χ0n) is 18.8. The molecule has 33 heavy (non-hydrogen) atoms. The topological polar surface area (TPSA) is 89.7 Å². The van der Waals surface area contributed by atoms with Crippen molar-refractivity contribution in [2.45, 2.75) is 38.5 Å². The first-order valence-electron chi connectivity index (χ1n) is 11.5. The maximum atomic E-state index is 14.5. The van der Waals surface area contributed by atoms with Crippen LogP contribution >= 0.6 is 11.3 Å². The van der Waals surface area contributed by atoms with Crippen molar-refractivity contribution >= 4 is 22.4 Å². The summed E-state index contributed by atoms with van der Waals surface area (Å²) in [7, 11) is 0. The van der Waals surface area contributed by atoms with Gasteiger partial charge in [-0.15, -0.1) is 11.3 Å². The number of unbranched alkanes of at least 4 members (excludes halogenated alkanes) is 5. The molecule has 3 rings (SSSR count). The SMILES string of the molecule is NCCCCCCCCNC(=O)COc1c(-c2csc(N3CCOCC3)n2)ccc(F)c1F. The fourth-order valence-corrected chi connectivity index (χ4v) is 4.44. The number of benzene rings is 1. The first-order valence-corrected chi connectivity index (χ1v) is 12.3. The van der Waals surface area contributed by atoms with Crippen molar-refractivity contribution < 1.29 is 23.0 Å². The Morgan fingerprint density at radius 2 is 1.88 bits per heavy atom. The first kappa shape index (κ1) is 25.3. The summed E-state index contributed by atoms with van der Waals surface area (Å²) < 4.78 is 39.2. The van der Waals surface area contributed by atoms with Crippen LogP contribution in [0.2, 0.25) is 0 Å². The number of rotatable bonds is 13. The van der Waals surface area contributed by atoms with Crippen LogP contribution in [0.25, 0.3) is 11.3 Å². The van der Waals surface area contributed by atoms with Gasteiger partial charge in [0.05, 0.1) is 18.9 Å². The molecule has 0 unspecified atom stereocenters. The molecular formula is C23H32F2N4O3S. The summed E-state index contributed by atoms with van der Waals surface area (Å²) in [6.07, 6.45) is 6.29. The van der Waals surface area contributed by atoms with E-state index >= 15 is 0 Å². The second kappa shape index (κ2) is 13.4. The van der Waals surface area contributed by atoms with Crippen molar-refractivity contribution in [1.82, 2.24) is 10.3 Å². The number of carbonyl (C=O) groups is 1. The number of amides is 1. The third-order valence-electron chi connectivity index (χ3n) is 5.40. The van der Waals surface area contributed by atoms with Crippen molar-refractivity contribution in [2.24, 2.45) is 5.73 Å². The van der Waals surface area contributed by atoms with Gasteiger partial charge in [-0.1, -0.05) is 25.7 Å². The van der Waals surface area contributed by atoms with Gasteiger partial charge in [0.25, 0.3) is 5.91 Å². The van der Waals surface area contributed by atoms with Crippen molar-refractivity contribution in [1.29, 1.82) is 0 Å². The van der Waals surface area contributed by atoms with Gasteiger partial charge in [-0.3, -0.25) is 4.79 Å². The number of ether oxygens (including phenoxy) is 2. The summed E-state index contributed by atoms with van der Waals surface area (Å²) in [5.41, 5.74) is 6.27. The van der Waals surface area contributed by atoms with Gasteiger partial charge in [-0.25, -0.2) is 9.37 Å². The Morgan fingerprint density at radius 3 is 2.64 bits per heavy atom. The lowest BCUT2D eigenvalue weighted by Gasteiger charge is -2.26. The van der Waals surface area contributed by atoms with E-state index in [0.717, 1.165) is 69.4 Å². The predicted molar refractivity (Wildman–Crippen MR) is 126 cm³/mol. The van der Waals surface area contributed by atoms with E-state index in [1.165, 1.54) is 17.4 Å². The number of carbonyl (C=O) groups excluding carboxylic acids is 1. The average Bonchev–Trinajstić information content (AvgIpc) is 3.32. The van der Waals surface area contributed by atoms with Crippen LogP contribution in [0.1, 0.15) is 38.5 Å². The van der Waals surface area contributed by atoms with Gasteiger partial charge in [0.15, 0.2) is 23.3 Å². The lowest BCUT2D eigenvalue weighted by Crippen LogP contribution is -2.36. The fourth-order valence-electron chi connectivity index (χ4n) is 3.56. The summed E-state index contributed by atoms with van der Waals surface area (Å²) in [4.78, 5) is 18.8. The molecule has 1 aliphatic heterocycles. The van der Waals surface area contributed by atoms with E-state index in [4.69, 9.17) is 15.2 Å². The number of nitrogens with zero attached hydrogens (tertiary/aromatic N) is 2. The van der Waals surface area contributed by atoms with Gasteiger partial charge in [0.1, 0.15) is 0 Å². The summed E-state index contributed by atoms with van der Waals surface area (Å²) in [6.45, 7) is 3.54. The number of anilines is 1. The molecule has 0 radical (unpaired) electrons. The van der Waals surface area contributed by atoms with Crippen LogP contribution in [0.5, 0.6) is 5.75 Å². The van der Waals surface area contributed by atoms with Crippen LogP contribution in [0.15, 0.2) is 17.5 Å². The summed E-state index contributed by atoms with van der Waals surface area (Å²) in [5, 5.41) is 5.32. The maximum absolute atomic E-state index is 14.5. The molecule has 1 aromatic carbocycles. The van der Waals surface area contributed by atoms with Crippen molar-refractivity contribution in [3.63, 3.8) is 0 Å². The second-order valence-corrected chi connectivity index (χ2v) is 8.74. The van der Waals surface area contributed by atoms with Gasteiger partial charge < -0.3 is 25.4 Å². The summed E-state index contributed by atoms with van der Waals surface area (Å²) >= 11 is 1.42. The smallest absolute Gasteiger partial charge is 0.257 e. The quantitative estimate of drug-likeness (QED) is 0.423. The molecule has 10 heteroatoms. The van der Waals surface area contributed by atoms with Gasteiger partial charge in [0, 0.05) is 30.6 Å². The zero-order valence-corrected chi connectivity index (χ0v) is 19.6. The normalized spacial score (nSPS) is 13.8. The molecule has 0 bridgehead atoms. The van der Waals surface area contributed by atoms with E-state index in [1.807, 2.05) is 0 Å². The van der Waals surface area contributed by atoms with Crippen LogP contribution in [0.4, 0.5) is 13.9 Å². The number of nitrogens with one attached hydrogen (secondary N) is 1. The van der Waals surface area contributed by atoms with Crippen molar-refractivity contribution in [3.8, 4) is 17.0 Å². The van der Waals surface area contributed by atoms with E-state index in [9.17, 15) is 13.6 Å². The Hall–Kier alpha value is -2.30. The molecule has 3 N–H and O–H groups in total. The Labute approximate surface area is 197 Å². The highest BCUT2D eigenvalue weighted by Gasteiger charge is 2.21. The highest BCUT2D eigenvalue weighted by atomic mass is 32.1. The number of halogens is 2. The van der Waals surface area contributed by atoms with Crippen LogP contribution in [-0.2, 0) is 9.53 Å². The molecule has 0 aliphatic carbocycles. The van der Waals surface area contributed by atoms with E-state index < -0.39 is 18.2 Å². The van der Waals surface area contributed by atoms with Gasteiger partial charge in [0.2, 0.25) is 5.82 Å². The largest absolute Gasteiger partial charge is 0.480 e. The summed E-state index contributed by atoms with van der Waals surface area (Å²) in [6, 6.07) is 2.47. The molecule has 182 valence electrons. The maximum Gasteiger partial charge on any atom is 0.257 e. The second-order valence-electron chi connectivity index (χ2n) is 7.90. The van der Waals surface area contributed by atoms with Gasteiger partial charge >= 0.3 is 0 Å². The minimum Gasteiger partial charge on any atom is -0.480 e. The van der Waals surface area contributed by atoms with Gasteiger partial charge in [-0.2, -0.15) is 4.39 Å². The molecule has 0 saturated carbocycles. The van der Waals surface area contributed by atoms with E-state index in [1.54, 1.807) is 5.38 Å². The molecule has 0 spiro atoms. The van der Waals surface area contributed by atoms with Crippen LogP contribution < -0.4 is 20.7 Å². The molecule has 1 fully saturated rings. The highest BCUT2D eigenvalue weighted by molar-refractivity contribution is 7.14. The predicted octanol–water partition coefficient (Wildman–Crippen LogP) is 3.72. The molecule has 1 saturated heterocycles. The van der Waals surface area contributed by atoms with Crippen molar-refractivity contribution in [2.75, 3.05) is 50.9 Å². The molecule has 0 atom stereocenters. The number of thiazole rings is 1. The number of hydrogen-bond acceptors (Lipinski definition) is 7. The van der Waals surface area contributed by atoms with Crippen LogP contribution in [0.3, 0.4) is 0 Å². The average molecular weight is 483 g/mol. The standard InChI is InChI=1S/C23H32F2N4O3S/c24-18-8-7-17(19-16-33-23(28-19)29-11-13-31-14-12-29)22(21(18)25)32-15-20(30)27-10-6-4-2-1-3-5-9-26/h7-8,16H,1-6,9-15,26H2,(H,27,30). The van der Waals surface area contributed by atoms with E-state index in [0.29, 0.717) is 31.0 Å². The zero-order chi connectivity index (χ0) is 23.5. The third kappa shape index (κ3) is 7.62. The molecule has 1 aromatic heterocycles. The number of morpholine rings is 1. The molecule has 7 nitrogen and oxygen atoms in total. The Morgan fingerprint density at radius 1 is 1.15 bits per heavy atom. The van der Waals surface area contributed by atoms with E-state index in [-0.39, 0.29) is 11.7 Å². The lowest BCUT2D eigenvalue weighted by atomic mass is 10.1. The Bertz CT molecular complexity index is 891. The van der Waals surface area contributed by atoms with E-state index in [2.05, 4.69) is 15.2 Å². The van der Waals surface area contributed by atoms with Crippen LogP contribution in [-0.4, -0.2) is 56.9 Å². The molecule has 2 heterocycles. The molecule has 1 aliphatic rings. The summed E-state index contributed by atoms with van der Waals surface area (Å²) in [5.74, 6) is -2.84. The molecular weight excluding hydrogens is 450 g/mol. The number of nitrogens with two attached hydrogens (primary N) is 1. The Kier molecular flexibility index (Phi) is 10.3. The minimum atomic E-state index is -1.13. The number of hydrogen-bond donors (Lipinski definition) is 2. The molecule has 2 aromatic rings. The fraction of sp³-hybridized carbons (Fsp3) is 0.565. The van der Waals surface area contributed by atoms with Crippen LogP contribution in [0, 0.1) is 11.6 Å². The minimum absolute atomic E-state index is 0.302. The lowest BCUT2D eigenvalue weighted by molar-refractivity contribution is -0.123. The molecule has 1 amide bonds. The highest BCUT2D eigenvalue weighted by Crippen LogP contribution is 2.36. The monoisotopic (exact) mass is 482 g/mol. The Balaban J connectivity index is 1.53. The third-order valence-corrected chi connectivity index (χ3v) is 6.30.